The maximum absolute atomic E-state index is 12.6. The van der Waals surface area contributed by atoms with Crippen molar-refractivity contribution in [2.45, 2.75) is 6.54 Å². The Morgan fingerprint density at radius 1 is 1.23 bits per heavy atom. The molecule has 0 bridgehead atoms. The molecule has 0 aliphatic carbocycles. The highest BCUT2D eigenvalue weighted by Crippen LogP contribution is 2.16. The summed E-state index contributed by atoms with van der Waals surface area (Å²) in [6, 6.07) is 12.1. The smallest absolute Gasteiger partial charge is 0.275 e. The second-order valence-electron chi connectivity index (χ2n) is 5.34. The normalized spacial score (nSPS) is 10.2. The number of nitrogens with zero attached hydrogens (tertiary/aromatic N) is 1. The zero-order valence-corrected chi connectivity index (χ0v) is 15.0. The quantitative estimate of drug-likeness (QED) is 0.680. The zero-order valence-electron chi connectivity index (χ0n) is 13.5. The Kier molecular flexibility index (Phi) is 5.64. The van der Waals surface area contributed by atoms with Gasteiger partial charge in [-0.2, -0.15) is 4.37 Å². The number of aromatic nitrogens is 1. The van der Waals surface area contributed by atoms with Gasteiger partial charge in [-0.1, -0.05) is 35.6 Å². The number of aliphatic hydroxyl groups is 1. The largest absolute Gasteiger partial charge is 0.384 e. The van der Waals surface area contributed by atoms with Crippen molar-refractivity contribution in [3.8, 4) is 11.8 Å². The molecule has 3 aromatic rings. The number of amides is 1. The molecule has 5 nitrogen and oxygen atoms in total. The third-order valence-corrected chi connectivity index (χ3v) is 4.65. The maximum atomic E-state index is 12.6. The number of benzene rings is 2. The molecule has 0 saturated heterocycles. The number of halogens is 1. The minimum absolute atomic E-state index is 0.149. The van der Waals surface area contributed by atoms with Crippen LogP contribution in [0.4, 0.5) is 0 Å². The average molecular weight is 385 g/mol. The Labute approximate surface area is 158 Å². The Hall–Kier alpha value is -2.72. The number of carbonyl (C=O) groups excluding carboxylic acids is 1. The van der Waals surface area contributed by atoms with Crippen molar-refractivity contribution in [1.29, 1.82) is 0 Å². The van der Waals surface area contributed by atoms with Crippen LogP contribution in [0.5, 0.6) is 0 Å². The fraction of sp³-hybridized carbons (Fsp3) is 0.105. The standard InChI is InChI=1S/C19H13ClN2O3S/c20-14-6-3-13(4-7-14)11-21-19(25)17-18(24)15-10-12(2-1-9-23)5-8-16(15)26-22-17/h3-8,10,23H,9,11H2,(H,21,25). The summed E-state index contributed by atoms with van der Waals surface area (Å²) in [4.78, 5) is 25.0. The highest BCUT2D eigenvalue weighted by Gasteiger charge is 2.15. The number of aliphatic hydroxyl groups excluding tert-OH is 1. The summed E-state index contributed by atoms with van der Waals surface area (Å²) in [5, 5.41) is 12.5. The van der Waals surface area contributed by atoms with Gasteiger partial charge in [-0.25, -0.2) is 0 Å². The summed E-state index contributed by atoms with van der Waals surface area (Å²) in [7, 11) is 0. The number of nitrogens with one attached hydrogen (secondary N) is 1. The van der Waals surface area contributed by atoms with Crippen LogP contribution in [0.3, 0.4) is 0 Å². The van der Waals surface area contributed by atoms with Crippen LogP contribution in [-0.2, 0) is 6.54 Å². The number of carbonyl (C=O) groups is 1. The lowest BCUT2D eigenvalue weighted by Gasteiger charge is -2.05. The van der Waals surface area contributed by atoms with Crippen LogP contribution in [0, 0.1) is 11.8 Å². The second-order valence-corrected chi connectivity index (χ2v) is 6.58. The van der Waals surface area contributed by atoms with E-state index in [2.05, 4.69) is 21.5 Å². The van der Waals surface area contributed by atoms with Gasteiger partial charge in [0.2, 0.25) is 5.43 Å². The van der Waals surface area contributed by atoms with E-state index in [-0.39, 0.29) is 18.8 Å². The van der Waals surface area contributed by atoms with Crippen molar-refractivity contribution < 1.29 is 9.90 Å². The van der Waals surface area contributed by atoms with Crippen LogP contribution in [0.25, 0.3) is 10.1 Å². The van der Waals surface area contributed by atoms with E-state index in [1.54, 1.807) is 42.5 Å². The van der Waals surface area contributed by atoms with E-state index in [1.807, 2.05) is 0 Å². The molecule has 0 aliphatic rings. The summed E-state index contributed by atoms with van der Waals surface area (Å²) in [6.45, 7) is 0.00142. The van der Waals surface area contributed by atoms with E-state index in [0.29, 0.717) is 20.7 Å². The zero-order chi connectivity index (χ0) is 18.5. The SMILES string of the molecule is O=C(NCc1ccc(Cl)cc1)c1nsc2ccc(C#CCO)cc2c1=O. The first-order valence-electron chi connectivity index (χ1n) is 7.64. The minimum atomic E-state index is -0.532. The molecule has 130 valence electrons. The van der Waals surface area contributed by atoms with Crippen LogP contribution in [-0.4, -0.2) is 22.0 Å². The second kappa shape index (κ2) is 8.11. The predicted octanol–water partition coefficient (Wildman–Crippen LogP) is 2.58. The summed E-state index contributed by atoms with van der Waals surface area (Å²) < 4.78 is 4.71. The molecule has 0 atom stereocenters. The monoisotopic (exact) mass is 384 g/mol. The number of hydrogen-bond donors (Lipinski definition) is 2. The summed E-state index contributed by atoms with van der Waals surface area (Å²) >= 11 is 6.91. The van der Waals surface area contributed by atoms with E-state index in [0.717, 1.165) is 17.1 Å². The first-order chi connectivity index (χ1) is 12.6. The molecule has 0 unspecified atom stereocenters. The van der Waals surface area contributed by atoms with E-state index in [9.17, 15) is 9.59 Å². The Bertz CT molecular complexity index is 1080. The van der Waals surface area contributed by atoms with Crippen molar-refractivity contribution in [3.63, 3.8) is 0 Å². The van der Waals surface area contributed by atoms with Gasteiger partial charge in [-0.15, -0.1) is 0 Å². The number of fused-ring (bicyclic) bond motifs is 1. The fourth-order valence-corrected chi connectivity index (χ4v) is 3.14. The summed E-state index contributed by atoms with van der Waals surface area (Å²) in [6.07, 6.45) is 0. The maximum Gasteiger partial charge on any atom is 0.275 e. The van der Waals surface area contributed by atoms with Crippen molar-refractivity contribution in [2.75, 3.05) is 6.61 Å². The van der Waals surface area contributed by atoms with Gasteiger partial charge in [0, 0.05) is 22.5 Å². The Morgan fingerprint density at radius 3 is 2.73 bits per heavy atom. The molecule has 0 aliphatic heterocycles. The van der Waals surface area contributed by atoms with Crippen molar-refractivity contribution in [1.82, 2.24) is 9.69 Å². The van der Waals surface area contributed by atoms with Crippen molar-refractivity contribution in [2.24, 2.45) is 0 Å². The molecule has 3 rings (SSSR count). The molecule has 0 spiro atoms. The van der Waals surface area contributed by atoms with Crippen LogP contribution < -0.4 is 10.7 Å². The highest BCUT2D eigenvalue weighted by atomic mass is 35.5. The third kappa shape index (κ3) is 4.09. The molecule has 0 fully saturated rings. The van der Waals surface area contributed by atoms with Crippen molar-refractivity contribution in [3.05, 3.63) is 74.5 Å². The van der Waals surface area contributed by atoms with Gasteiger partial charge < -0.3 is 10.4 Å². The predicted molar refractivity (Wildman–Crippen MR) is 102 cm³/mol. The van der Waals surface area contributed by atoms with Crippen molar-refractivity contribution >= 4 is 39.1 Å². The molecule has 1 aromatic heterocycles. The molecular formula is C19H13ClN2O3S. The highest BCUT2D eigenvalue weighted by molar-refractivity contribution is 7.12. The van der Waals surface area contributed by atoms with Gasteiger partial charge in [-0.3, -0.25) is 9.59 Å². The Balaban J connectivity index is 1.86. The van der Waals surface area contributed by atoms with E-state index >= 15 is 0 Å². The van der Waals surface area contributed by atoms with Gasteiger partial charge in [0.25, 0.3) is 5.91 Å². The molecule has 7 heteroatoms. The lowest BCUT2D eigenvalue weighted by molar-refractivity contribution is 0.0946. The first kappa shape index (κ1) is 18.1. The average Bonchev–Trinajstić information content (AvgIpc) is 2.66. The van der Waals surface area contributed by atoms with Gasteiger partial charge in [0.05, 0.1) is 4.70 Å². The number of rotatable bonds is 3. The molecular weight excluding hydrogens is 372 g/mol. The third-order valence-electron chi connectivity index (χ3n) is 3.57. The molecule has 1 heterocycles. The summed E-state index contributed by atoms with van der Waals surface area (Å²) in [5.74, 6) is 4.75. The lowest BCUT2D eigenvalue weighted by atomic mass is 10.1. The molecule has 0 radical (unpaired) electrons. The molecule has 26 heavy (non-hydrogen) atoms. The Morgan fingerprint density at radius 2 is 2.00 bits per heavy atom. The number of hydrogen-bond acceptors (Lipinski definition) is 5. The molecule has 2 aromatic carbocycles. The van der Waals surface area contributed by atoms with Gasteiger partial charge >= 0.3 is 0 Å². The lowest BCUT2D eigenvalue weighted by Crippen LogP contribution is -2.29. The summed E-state index contributed by atoms with van der Waals surface area (Å²) in [5.41, 5.74) is 0.861. The van der Waals surface area contributed by atoms with E-state index < -0.39 is 11.3 Å². The van der Waals surface area contributed by atoms with Crippen LogP contribution >= 0.6 is 23.1 Å². The minimum Gasteiger partial charge on any atom is -0.384 e. The first-order valence-corrected chi connectivity index (χ1v) is 8.80. The van der Waals surface area contributed by atoms with E-state index in [4.69, 9.17) is 16.7 Å². The van der Waals surface area contributed by atoms with E-state index in [1.165, 1.54) is 0 Å². The van der Waals surface area contributed by atoms with Crippen LogP contribution in [0.2, 0.25) is 5.02 Å². The van der Waals surface area contributed by atoms with Gasteiger partial charge in [0.15, 0.2) is 5.69 Å². The van der Waals surface area contributed by atoms with Gasteiger partial charge in [0.1, 0.15) is 6.61 Å². The molecule has 2 N–H and O–H groups in total. The van der Waals surface area contributed by atoms with Gasteiger partial charge in [-0.05, 0) is 47.4 Å². The molecule has 1 amide bonds. The fourth-order valence-electron chi connectivity index (χ4n) is 2.28. The van der Waals surface area contributed by atoms with Crippen LogP contribution in [0.15, 0.2) is 47.3 Å². The molecule has 0 saturated carbocycles. The van der Waals surface area contributed by atoms with Crippen LogP contribution in [0.1, 0.15) is 21.6 Å². The topological polar surface area (TPSA) is 79.3 Å².